The normalized spacial score (nSPS) is 11.1. The molecule has 2 rings (SSSR count). The third-order valence-corrected chi connectivity index (χ3v) is 3.32. The predicted molar refractivity (Wildman–Crippen MR) is 63.8 cm³/mol. The van der Waals surface area contributed by atoms with Crippen LogP contribution in [-0.4, -0.2) is 13.4 Å². The lowest BCUT2D eigenvalue weighted by Crippen LogP contribution is -1.91. The number of ether oxygens (including phenoxy) is 1. The van der Waals surface area contributed by atoms with Gasteiger partial charge in [0.25, 0.3) is 9.05 Å². The SMILES string of the molecule is O=S(=O)(Cl)c1cccc(Oc2ccncc2)c1. The van der Waals surface area contributed by atoms with Crippen LogP contribution in [0.1, 0.15) is 0 Å². The number of nitrogens with zero attached hydrogens (tertiary/aromatic N) is 1. The molecule has 6 heteroatoms. The number of rotatable bonds is 3. The Morgan fingerprint density at radius 2 is 1.76 bits per heavy atom. The molecule has 0 N–H and O–H groups in total. The molecule has 0 saturated carbocycles. The van der Waals surface area contributed by atoms with Crippen molar-refractivity contribution in [3.05, 3.63) is 48.8 Å². The van der Waals surface area contributed by atoms with Crippen LogP contribution in [0.5, 0.6) is 11.5 Å². The summed E-state index contributed by atoms with van der Waals surface area (Å²) in [5.41, 5.74) is 0. The van der Waals surface area contributed by atoms with Crippen LogP contribution in [0.25, 0.3) is 0 Å². The van der Waals surface area contributed by atoms with Gasteiger partial charge >= 0.3 is 0 Å². The fourth-order valence-corrected chi connectivity index (χ4v) is 2.02. The molecule has 0 unspecified atom stereocenters. The second-order valence-electron chi connectivity index (χ2n) is 3.20. The fourth-order valence-electron chi connectivity index (χ4n) is 1.23. The minimum atomic E-state index is -3.74. The highest BCUT2D eigenvalue weighted by Crippen LogP contribution is 2.24. The summed E-state index contributed by atoms with van der Waals surface area (Å²) < 4.78 is 27.7. The van der Waals surface area contributed by atoms with Crippen molar-refractivity contribution in [2.45, 2.75) is 4.90 Å². The molecule has 0 aliphatic carbocycles. The molecule has 0 atom stereocenters. The van der Waals surface area contributed by atoms with E-state index in [4.69, 9.17) is 15.4 Å². The summed E-state index contributed by atoms with van der Waals surface area (Å²) in [6.45, 7) is 0. The molecule has 0 saturated heterocycles. The molecule has 2 aromatic rings. The van der Waals surface area contributed by atoms with E-state index in [-0.39, 0.29) is 4.90 Å². The first-order valence-electron chi connectivity index (χ1n) is 4.68. The van der Waals surface area contributed by atoms with Crippen LogP contribution in [0.4, 0.5) is 0 Å². The molecule has 0 fully saturated rings. The smallest absolute Gasteiger partial charge is 0.261 e. The summed E-state index contributed by atoms with van der Waals surface area (Å²) >= 11 is 0. The zero-order valence-electron chi connectivity index (χ0n) is 8.58. The Labute approximate surface area is 103 Å². The zero-order valence-corrected chi connectivity index (χ0v) is 10.1. The van der Waals surface area contributed by atoms with Gasteiger partial charge < -0.3 is 4.74 Å². The highest BCUT2D eigenvalue weighted by molar-refractivity contribution is 8.13. The van der Waals surface area contributed by atoms with Gasteiger partial charge in [0.15, 0.2) is 0 Å². The maximum atomic E-state index is 11.1. The third kappa shape index (κ3) is 3.18. The Balaban J connectivity index is 2.29. The molecular formula is C11H8ClNO3S. The quantitative estimate of drug-likeness (QED) is 0.804. The molecule has 0 radical (unpaired) electrons. The summed E-state index contributed by atoms with van der Waals surface area (Å²) in [5, 5.41) is 0. The van der Waals surface area contributed by atoms with E-state index in [1.165, 1.54) is 12.1 Å². The molecule has 0 bridgehead atoms. The molecule has 0 amide bonds. The minimum absolute atomic E-state index is 0.00530. The monoisotopic (exact) mass is 269 g/mol. The molecule has 88 valence electrons. The van der Waals surface area contributed by atoms with Crippen LogP contribution in [0, 0.1) is 0 Å². The van der Waals surface area contributed by atoms with Gasteiger partial charge in [0.05, 0.1) is 4.90 Å². The molecule has 0 aliphatic heterocycles. The third-order valence-electron chi connectivity index (χ3n) is 1.97. The number of pyridine rings is 1. The topological polar surface area (TPSA) is 56.3 Å². The number of halogens is 1. The van der Waals surface area contributed by atoms with Gasteiger partial charge in [0, 0.05) is 29.1 Å². The summed E-state index contributed by atoms with van der Waals surface area (Å²) in [5.74, 6) is 0.974. The van der Waals surface area contributed by atoms with E-state index in [1.54, 1.807) is 36.7 Å². The number of benzene rings is 1. The minimum Gasteiger partial charge on any atom is -0.457 e. The van der Waals surface area contributed by atoms with Crippen LogP contribution in [0.15, 0.2) is 53.7 Å². The van der Waals surface area contributed by atoms with E-state index >= 15 is 0 Å². The lowest BCUT2D eigenvalue weighted by atomic mass is 10.3. The van der Waals surface area contributed by atoms with Crippen molar-refractivity contribution in [1.29, 1.82) is 0 Å². The first-order valence-corrected chi connectivity index (χ1v) is 6.99. The zero-order chi connectivity index (χ0) is 12.3. The first-order chi connectivity index (χ1) is 8.05. The lowest BCUT2D eigenvalue weighted by molar-refractivity contribution is 0.480. The number of hydrogen-bond acceptors (Lipinski definition) is 4. The fraction of sp³-hybridized carbons (Fsp3) is 0. The molecule has 1 aromatic carbocycles. The van der Waals surface area contributed by atoms with Crippen LogP contribution in [0.3, 0.4) is 0 Å². The van der Waals surface area contributed by atoms with Gasteiger partial charge in [0.1, 0.15) is 11.5 Å². The molecule has 0 aliphatic rings. The van der Waals surface area contributed by atoms with Crippen molar-refractivity contribution in [2.24, 2.45) is 0 Å². The van der Waals surface area contributed by atoms with Gasteiger partial charge in [-0.25, -0.2) is 8.42 Å². The van der Waals surface area contributed by atoms with Crippen molar-refractivity contribution < 1.29 is 13.2 Å². The largest absolute Gasteiger partial charge is 0.457 e. The van der Waals surface area contributed by atoms with Gasteiger partial charge in [-0.15, -0.1) is 0 Å². The summed E-state index contributed by atoms with van der Waals surface area (Å²) in [4.78, 5) is 3.85. The molecule has 17 heavy (non-hydrogen) atoms. The first kappa shape index (κ1) is 11.9. The maximum Gasteiger partial charge on any atom is 0.261 e. The molecule has 4 nitrogen and oxygen atoms in total. The van der Waals surface area contributed by atoms with Crippen molar-refractivity contribution in [2.75, 3.05) is 0 Å². The second kappa shape index (κ2) is 4.73. The summed E-state index contributed by atoms with van der Waals surface area (Å²) in [6.07, 6.45) is 3.16. The Kier molecular flexibility index (Phi) is 3.31. The standard InChI is InChI=1S/C11H8ClNO3S/c12-17(14,15)11-3-1-2-10(8-11)16-9-4-6-13-7-5-9/h1-8H. The van der Waals surface area contributed by atoms with E-state index in [9.17, 15) is 8.42 Å². The van der Waals surface area contributed by atoms with E-state index in [0.29, 0.717) is 11.5 Å². The average molecular weight is 270 g/mol. The molecular weight excluding hydrogens is 262 g/mol. The van der Waals surface area contributed by atoms with Crippen LogP contribution < -0.4 is 4.74 Å². The Morgan fingerprint density at radius 3 is 2.41 bits per heavy atom. The highest BCUT2D eigenvalue weighted by atomic mass is 35.7. The maximum absolute atomic E-state index is 11.1. The van der Waals surface area contributed by atoms with E-state index in [2.05, 4.69) is 4.98 Å². The van der Waals surface area contributed by atoms with Crippen molar-refractivity contribution in [1.82, 2.24) is 4.98 Å². The van der Waals surface area contributed by atoms with Crippen molar-refractivity contribution in [3.63, 3.8) is 0 Å². The van der Waals surface area contributed by atoms with Crippen LogP contribution >= 0.6 is 10.7 Å². The Bertz CT molecular complexity index is 614. The van der Waals surface area contributed by atoms with Crippen molar-refractivity contribution in [3.8, 4) is 11.5 Å². The lowest BCUT2D eigenvalue weighted by Gasteiger charge is -2.05. The molecule has 1 heterocycles. The van der Waals surface area contributed by atoms with E-state index in [0.717, 1.165) is 0 Å². The van der Waals surface area contributed by atoms with Gasteiger partial charge in [0.2, 0.25) is 0 Å². The second-order valence-corrected chi connectivity index (χ2v) is 5.76. The van der Waals surface area contributed by atoms with Gasteiger partial charge in [-0.1, -0.05) is 6.07 Å². The number of aromatic nitrogens is 1. The summed E-state index contributed by atoms with van der Waals surface area (Å²) in [7, 11) is 1.50. The highest BCUT2D eigenvalue weighted by Gasteiger charge is 2.10. The van der Waals surface area contributed by atoms with Gasteiger partial charge in [-0.05, 0) is 24.3 Å². The predicted octanol–water partition coefficient (Wildman–Crippen LogP) is 2.80. The molecule has 0 spiro atoms. The number of hydrogen-bond donors (Lipinski definition) is 0. The van der Waals surface area contributed by atoms with Crippen molar-refractivity contribution >= 4 is 19.7 Å². The molecule has 1 aromatic heterocycles. The average Bonchev–Trinajstić information content (AvgIpc) is 2.29. The van der Waals surface area contributed by atoms with Gasteiger partial charge in [-0.3, -0.25) is 4.98 Å². The van der Waals surface area contributed by atoms with Gasteiger partial charge in [-0.2, -0.15) is 0 Å². The Morgan fingerprint density at radius 1 is 1.06 bits per heavy atom. The Hall–Kier alpha value is -1.59. The van der Waals surface area contributed by atoms with E-state index in [1.807, 2.05) is 0 Å². The van der Waals surface area contributed by atoms with Crippen LogP contribution in [0.2, 0.25) is 0 Å². The summed E-state index contributed by atoms with van der Waals surface area (Å²) in [6, 6.07) is 9.31. The van der Waals surface area contributed by atoms with E-state index < -0.39 is 9.05 Å². The van der Waals surface area contributed by atoms with Crippen LogP contribution in [-0.2, 0) is 9.05 Å².